The number of fused-ring (bicyclic) bond motifs is 1. The van der Waals surface area contributed by atoms with Crippen molar-refractivity contribution in [2.24, 2.45) is 10.7 Å². The summed E-state index contributed by atoms with van der Waals surface area (Å²) < 4.78 is 0. The first-order valence-electron chi connectivity index (χ1n) is 11.0. The van der Waals surface area contributed by atoms with Gasteiger partial charge in [0.1, 0.15) is 11.6 Å². The van der Waals surface area contributed by atoms with Crippen molar-refractivity contribution >= 4 is 35.3 Å². The first kappa shape index (κ1) is 23.8. The third-order valence-electron chi connectivity index (χ3n) is 5.36. The highest BCUT2D eigenvalue weighted by atomic mass is 16.1. The third kappa shape index (κ3) is 6.32. The van der Waals surface area contributed by atoms with Crippen molar-refractivity contribution in [1.82, 2.24) is 9.97 Å². The zero-order valence-corrected chi connectivity index (χ0v) is 19.0. The molecule has 3 rings (SSSR count). The first-order chi connectivity index (χ1) is 16.0. The van der Waals surface area contributed by atoms with E-state index in [1.165, 1.54) is 17.4 Å². The van der Waals surface area contributed by atoms with Crippen molar-refractivity contribution in [3.05, 3.63) is 76.6 Å². The Balaban J connectivity index is 2.08. The van der Waals surface area contributed by atoms with Crippen molar-refractivity contribution in [3.63, 3.8) is 0 Å². The number of aliphatic imine (C=N–C) groups is 1. The third-order valence-corrected chi connectivity index (χ3v) is 5.36. The smallest absolute Gasteiger partial charge is 0.249 e. The Morgan fingerprint density at radius 1 is 1.33 bits per heavy atom. The Morgan fingerprint density at radius 2 is 2.18 bits per heavy atom. The average molecular weight is 443 g/mol. The highest BCUT2D eigenvalue weighted by Crippen LogP contribution is 2.25. The minimum absolute atomic E-state index is 0.319. The molecular weight excluding hydrogens is 412 g/mol. The van der Waals surface area contributed by atoms with Gasteiger partial charge in [-0.3, -0.25) is 9.79 Å². The number of nitrogens with zero attached hydrogens (tertiary/aromatic N) is 3. The van der Waals surface area contributed by atoms with Gasteiger partial charge in [-0.1, -0.05) is 49.1 Å². The molecule has 1 amide bonds. The highest BCUT2D eigenvalue weighted by Gasteiger charge is 2.16. The van der Waals surface area contributed by atoms with Crippen LogP contribution < -0.4 is 21.6 Å². The fraction of sp³-hybridized carbons (Fsp3) is 0.269. The molecule has 0 aliphatic heterocycles. The predicted molar refractivity (Wildman–Crippen MR) is 136 cm³/mol. The van der Waals surface area contributed by atoms with Crippen LogP contribution in [0.4, 0.5) is 5.82 Å². The molecule has 2 aliphatic rings. The Morgan fingerprint density at radius 3 is 2.88 bits per heavy atom. The van der Waals surface area contributed by atoms with Gasteiger partial charge in [-0.25, -0.2) is 9.97 Å². The molecule has 1 aromatic heterocycles. The lowest BCUT2D eigenvalue weighted by Crippen LogP contribution is -2.38. The number of primary amides is 1. The molecule has 7 nitrogen and oxygen atoms in total. The van der Waals surface area contributed by atoms with Crippen LogP contribution in [-0.4, -0.2) is 41.4 Å². The van der Waals surface area contributed by atoms with E-state index in [9.17, 15) is 4.79 Å². The van der Waals surface area contributed by atoms with Crippen molar-refractivity contribution in [1.29, 1.82) is 5.41 Å². The summed E-state index contributed by atoms with van der Waals surface area (Å²) in [7, 11) is 1.59. The van der Waals surface area contributed by atoms with Gasteiger partial charge in [-0.2, -0.15) is 0 Å². The minimum atomic E-state index is -0.543. The van der Waals surface area contributed by atoms with Gasteiger partial charge < -0.3 is 16.5 Å². The second-order valence-corrected chi connectivity index (χ2v) is 7.72. The van der Waals surface area contributed by atoms with E-state index in [1.807, 2.05) is 0 Å². The van der Waals surface area contributed by atoms with Crippen LogP contribution in [0.1, 0.15) is 31.5 Å². The molecule has 1 heterocycles. The monoisotopic (exact) mass is 442 g/mol. The Bertz CT molecular complexity index is 1210. The summed E-state index contributed by atoms with van der Waals surface area (Å²) in [6.45, 7) is 3.97. The summed E-state index contributed by atoms with van der Waals surface area (Å²) in [4.78, 5) is 25.1. The van der Waals surface area contributed by atoms with Crippen molar-refractivity contribution in [2.75, 3.05) is 18.9 Å². The fourth-order valence-electron chi connectivity index (χ4n) is 3.82. The molecule has 0 unspecified atom stereocenters. The SMILES string of the molecule is C=C/C=C\C(=N)CNc1nc(C/C=C(\C=NC)C(N)=O)nc2c1=C(C1=CC=CCC1)CCC=2. The van der Waals surface area contributed by atoms with E-state index in [4.69, 9.17) is 21.1 Å². The second kappa shape index (κ2) is 11.7. The van der Waals surface area contributed by atoms with E-state index in [2.05, 4.69) is 41.2 Å². The number of hydrogen-bond donors (Lipinski definition) is 3. The summed E-state index contributed by atoms with van der Waals surface area (Å²) in [6, 6.07) is 0. The zero-order valence-electron chi connectivity index (χ0n) is 19.0. The van der Waals surface area contributed by atoms with Crippen LogP contribution in [0.25, 0.3) is 11.6 Å². The average Bonchev–Trinajstić information content (AvgIpc) is 2.83. The molecule has 0 aromatic carbocycles. The number of hydrogen-bond acceptors (Lipinski definition) is 6. The largest absolute Gasteiger partial charge is 0.366 e. The fourth-order valence-corrected chi connectivity index (χ4v) is 3.82. The van der Waals surface area contributed by atoms with E-state index in [0.29, 0.717) is 35.9 Å². The normalized spacial score (nSPS) is 15.8. The summed E-state index contributed by atoms with van der Waals surface area (Å²) in [5.74, 6) is 0.730. The molecule has 4 N–H and O–H groups in total. The zero-order chi connectivity index (χ0) is 23.6. The number of rotatable bonds is 10. The van der Waals surface area contributed by atoms with Gasteiger partial charge in [0.2, 0.25) is 5.91 Å². The number of nitrogens with one attached hydrogen (secondary N) is 2. The highest BCUT2D eigenvalue weighted by molar-refractivity contribution is 6.11. The van der Waals surface area contributed by atoms with Gasteiger partial charge >= 0.3 is 0 Å². The van der Waals surface area contributed by atoms with E-state index < -0.39 is 5.91 Å². The summed E-state index contributed by atoms with van der Waals surface area (Å²) in [5.41, 5.74) is 8.74. The second-order valence-electron chi connectivity index (χ2n) is 7.72. The Kier molecular flexibility index (Phi) is 8.41. The van der Waals surface area contributed by atoms with E-state index in [0.717, 1.165) is 36.3 Å². The van der Waals surface area contributed by atoms with Gasteiger partial charge in [-0.15, -0.1) is 0 Å². The van der Waals surface area contributed by atoms with Gasteiger partial charge in [0, 0.05) is 24.9 Å². The molecule has 170 valence electrons. The maximum Gasteiger partial charge on any atom is 0.249 e. The molecule has 1 aromatic rings. The van der Waals surface area contributed by atoms with Crippen LogP contribution in [0.5, 0.6) is 0 Å². The lowest BCUT2D eigenvalue weighted by atomic mass is 9.90. The summed E-state index contributed by atoms with van der Waals surface area (Å²) in [5, 5.41) is 13.4. The molecule has 0 fully saturated rings. The van der Waals surface area contributed by atoms with Crippen molar-refractivity contribution in [3.8, 4) is 0 Å². The summed E-state index contributed by atoms with van der Waals surface area (Å²) >= 11 is 0. The molecule has 0 saturated heterocycles. The molecule has 0 saturated carbocycles. The van der Waals surface area contributed by atoms with Crippen molar-refractivity contribution in [2.45, 2.75) is 32.1 Å². The van der Waals surface area contributed by atoms with Crippen LogP contribution in [-0.2, 0) is 11.2 Å². The van der Waals surface area contributed by atoms with Crippen LogP contribution in [0.2, 0.25) is 0 Å². The molecule has 0 atom stereocenters. The molecular formula is C26H30N6O. The number of allylic oxidation sites excluding steroid dienone is 7. The lowest BCUT2D eigenvalue weighted by Gasteiger charge is -2.18. The lowest BCUT2D eigenvalue weighted by molar-refractivity contribution is -0.114. The van der Waals surface area contributed by atoms with Crippen LogP contribution in [0.3, 0.4) is 0 Å². The van der Waals surface area contributed by atoms with Gasteiger partial charge in [0.05, 0.1) is 23.2 Å². The van der Waals surface area contributed by atoms with Crippen LogP contribution >= 0.6 is 0 Å². The standard InChI is InChI=1S/C26H30N6O/c1-3-4-11-20(27)17-30-26-24-21(18-9-6-5-7-10-18)12-8-13-22(24)31-23(32-26)15-14-19(16-29-2)25(28)33/h3-6,9,11,13-14,16,27H,1,7-8,10,12,15,17H2,2H3,(H2,28,33)(H,30,31,32)/b11-4-,19-14+,27-20?,29-16?. The quantitative estimate of drug-likeness (QED) is 0.293. The number of aromatic nitrogens is 2. The maximum absolute atomic E-state index is 11.6. The molecule has 2 aliphatic carbocycles. The van der Waals surface area contributed by atoms with Crippen molar-refractivity contribution < 1.29 is 4.79 Å². The number of amides is 1. The van der Waals surface area contributed by atoms with Gasteiger partial charge in [0.25, 0.3) is 0 Å². The van der Waals surface area contributed by atoms with E-state index in [-0.39, 0.29) is 0 Å². The van der Waals surface area contributed by atoms with Crippen LogP contribution in [0.15, 0.2) is 65.2 Å². The molecule has 0 radical (unpaired) electrons. The predicted octanol–water partition coefficient (Wildman–Crippen LogP) is 2.31. The number of carbonyl (C=O) groups is 1. The minimum Gasteiger partial charge on any atom is -0.366 e. The molecule has 7 heteroatoms. The topological polar surface area (TPSA) is 117 Å². The molecule has 0 spiro atoms. The molecule has 33 heavy (non-hydrogen) atoms. The Hall–Kier alpha value is -3.87. The van der Waals surface area contributed by atoms with Crippen LogP contribution in [0, 0.1) is 5.41 Å². The van der Waals surface area contributed by atoms with Gasteiger partial charge in [0.15, 0.2) is 0 Å². The van der Waals surface area contributed by atoms with Gasteiger partial charge in [-0.05, 0) is 42.9 Å². The Labute approximate surface area is 194 Å². The number of carbonyl (C=O) groups excluding carboxylic acids is 1. The molecule has 0 bridgehead atoms. The van der Waals surface area contributed by atoms with E-state index >= 15 is 0 Å². The first-order valence-corrected chi connectivity index (χ1v) is 11.0. The maximum atomic E-state index is 11.6. The number of nitrogens with two attached hydrogens (primary N) is 1. The summed E-state index contributed by atoms with van der Waals surface area (Å²) in [6.07, 6.45) is 21.0. The number of anilines is 1. The van der Waals surface area contributed by atoms with E-state index in [1.54, 1.807) is 31.4 Å².